The van der Waals surface area contributed by atoms with Gasteiger partial charge in [0.1, 0.15) is 24.0 Å². The number of rotatable bonds is 0. The molecule has 1 heterocycles. The number of amides is 1. The highest BCUT2D eigenvalue weighted by Crippen LogP contribution is 2.43. The molecule has 0 radical (unpaired) electrons. The highest BCUT2D eigenvalue weighted by molar-refractivity contribution is 5.75. The smallest absolute Gasteiger partial charge is 0.222 e. The first-order chi connectivity index (χ1) is 7.27. The van der Waals surface area contributed by atoms with Crippen molar-refractivity contribution in [3.05, 3.63) is 12.2 Å². The first kappa shape index (κ1) is 11.6. The Hall–Kier alpha value is -0.910. The van der Waals surface area contributed by atoms with Gasteiger partial charge in [0.15, 0.2) is 0 Å². The van der Waals surface area contributed by atoms with Crippen LogP contribution in [0.2, 0.25) is 0 Å². The number of carbonyl (C=O) groups is 1. The lowest BCUT2D eigenvalue weighted by molar-refractivity contribution is -0.150. The van der Waals surface area contributed by atoms with Crippen LogP contribution in [-0.2, 0) is 9.53 Å². The van der Waals surface area contributed by atoms with Crippen LogP contribution < -0.4 is 0 Å². The predicted molar refractivity (Wildman–Crippen MR) is 56.4 cm³/mol. The summed E-state index contributed by atoms with van der Waals surface area (Å²) in [5, 5.41) is 19.5. The van der Waals surface area contributed by atoms with Crippen molar-refractivity contribution in [2.24, 2.45) is 0 Å². The Labute approximate surface area is 94.3 Å². The molecular weight excluding hydrogens is 210 g/mol. The standard InChI is InChI=1S/C11H17NO4/c1-5-7-10(9(15)8(5)14)16-11(3,4)12(7)6(2)13/h7-10,14-15H,1H2,2-4H3/t7-,8+,9-,10-/m0/s1. The van der Waals surface area contributed by atoms with Crippen LogP contribution in [0, 0.1) is 0 Å². The first-order valence-electron chi connectivity index (χ1n) is 5.30. The summed E-state index contributed by atoms with van der Waals surface area (Å²) in [6.45, 7) is 8.71. The monoisotopic (exact) mass is 227 g/mol. The minimum atomic E-state index is -1.02. The average Bonchev–Trinajstić information content (AvgIpc) is 2.54. The van der Waals surface area contributed by atoms with Crippen LogP contribution in [-0.4, -0.2) is 51.1 Å². The topological polar surface area (TPSA) is 70.0 Å². The molecule has 0 aromatic rings. The van der Waals surface area contributed by atoms with Crippen molar-refractivity contribution in [2.75, 3.05) is 0 Å². The summed E-state index contributed by atoms with van der Waals surface area (Å²) < 4.78 is 5.63. The molecule has 1 aliphatic carbocycles. The van der Waals surface area contributed by atoms with Gasteiger partial charge < -0.3 is 19.8 Å². The van der Waals surface area contributed by atoms with E-state index in [2.05, 4.69) is 6.58 Å². The van der Waals surface area contributed by atoms with Gasteiger partial charge in [0, 0.05) is 6.92 Å². The Balaban J connectivity index is 2.40. The largest absolute Gasteiger partial charge is 0.387 e. The summed E-state index contributed by atoms with van der Waals surface area (Å²) in [5.41, 5.74) is -0.330. The van der Waals surface area contributed by atoms with Crippen LogP contribution in [0.3, 0.4) is 0 Å². The lowest BCUT2D eigenvalue weighted by Gasteiger charge is -2.33. The van der Waals surface area contributed by atoms with E-state index in [0.29, 0.717) is 5.57 Å². The van der Waals surface area contributed by atoms with Crippen molar-refractivity contribution in [3.63, 3.8) is 0 Å². The molecule has 0 spiro atoms. The van der Waals surface area contributed by atoms with Crippen molar-refractivity contribution in [1.29, 1.82) is 0 Å². The van der Waals surface area contributed by atoms with Gasteiger partial charge in [0.25, 0.3) is 0 Å². The molecule has 1 saturated carbocycles. The van der Waals surface area contributed by atoms with Gasteiger partial charge in [-0.15, -0.1) is 0 Å². The van der Waals surface area contributed by atoms with E-state index >= 15 is 0 Å². The summed E-state index contributed by atoms with van der Waals surface area (Å²) in [5.74, 6) is -0.153. The van der Waals surface area contributed by atoms with E-state index in [4.69, 9.17) is 4.74 Å². The Bertz CT molecular complexity index is 352. The van der Waals surface area contributed by atoms with E-state index in [1.54, 1.807) is 13.8 Å². The fourth-order valence-corrected chi connectivity index (χ4v) is 2.72. The average molecular weight is 227 g/mol. The van der Waals surface area contributed by atoms with Crippen molar-refractivity contribution >= 4 is 5.91 Å². The normalized spacial score (nSPS) is 41.3. The second kappa shape index (κ2) is 3.29. The molecule has 2 aliphatic rings. The van der Waals surface area contributed by atoms with Gasteiger partial charge >= 0.3 is 0 Å². The van der Waals surface area contributed by atoms with Crippen molar-refractivity contribution < 1.29 is 19.7 Å². The fraction of sp³-hybridized carbons (Fsp3) is 0.727. The highest BCUT2D eigenvalue weighted by atomic mass is 16.6. The van der Waals surface area contributed by atoms with Gasteiger partial charge in [0.2, 0.25) is 5.91 Å². The second-order valence-electron chi connectivity index (χ2n) is 4.87. The molecule has 1 amide bonds. The SMILES string of the molecule is C=C1[C@@H](O)[C@H](O)[C@H]2OC(C)(C)N(C(C)=O)[C@@H]12. The summed E-state index contributed by atoms with van der Waals surface area (Å²) in [6, 6.07) is -0.433. The molecule has 2 N–H and O–H groups in total. The molecule has 0 bridgehead atoms. The molecule has 0 unspecified atom stereocenters. The van der Waals surface area contributed by atoms with Crippen molar-refractivity contribution in [3.8, 4) is 0 Å². The second-order valence-corrected chi connectivity index (χ2v) is 4.87. The van der Waals surface area contributed by atoms with Crippen LogP contribution in [0.1, 0.15) is 20.8 Å². The van der Waals surface area contributed by atoms with Crippen LogP contribution in [0.15, 0.2) is 12.2 Å². The van der Waals surface area contributed by atoms with Crippen molar-refractivity contribution in [1.82, 2.24) is 4.90 Å². The van der Waals surface area contributed by atoms with Gasteiger partial charge in [-0.25, -0.2) is 0 Å². The summed E-state index contributed by atoms with van der Waals surface area (Å²) in [7, 11) is 0. The minimum Gasteiger partial charge on any atom is -0.387 e. The molecule has 4 atom stereocenters. The van der Waals surface area contributed by atoms with Gasteiger partial charge in [0.05, 0.1) is 6.04 Å². The molecule has 16 heavy (non-hydrogen) atoms. The molecule has 5 heteroatoms. The molecule has 2 rings (SSSR count). The molecule has 1 aliphatic heterocycles. The Kier molecular flexibility index (Phi) is 2.38. The first-order valence-corrected chi connectivity index (χ1v) is 5.30. The Morgan fingerprint density at radius 3 is 2.56 bits per heavy atom. The number of carbonyl (C=O) groups excluding carboxylic acids is 1. The molecule has 0 aromatic heterocycles. The van der Waals surface area contributed by atoms with Crippen LogP contribution in [0.4, 0.5) is 0 Å². The van der Waals surface area contributed by atoms with Crippen LogP contribution >= 0.6 is 0 Å². The molecule has 0 aromatic carbocycles. The zero-order valence-electron chi connectivity index (χ0n) is 9.67. The molecule has 2 fully saturated rings. The van der Waals surface area contributed by atoms with Gasteiger partial charge in [-0.1, -0.05) is 6.58 Å². The van der Waals surface area contributed by atoms with Gasteiger partial charge in [-0.3, -0.25) is 4.79 Å². The van der Waals surface area contributed by atoms with Gasteiger partial charge in [-0.2, -0.15) is 0 Å². The third-order valence-electron chi connectivity index (χ3n) is 3.35. The lowest BCUT2D eigenvalue weighted by atomic mass is 10.1. The van der Waals surface area contributed by atoms with Gasteiger partial charge in [-0.05, 0) is 19.4 Å². The van der Waals surface area contributed by atoms with E-state index in [1.807, 2.05) is 0 Å². The molecule has 5 nitrogen and oxygen atoms in total. The maximum absolute atomic E-state index is 11.6. The Morgan fingerprint density at radius 2 is 2.06 bits per heavy atom. The molecule has 1 saturated heterocycles. The molecular formula is C11H17NO4. The molecule has 90 valence electrons. The number of fused-ring (bicyclic) bond motifs is 1. The van der Waals surface area contributed by atoms with Crippen LogP contribution in [0.25, 0.3) is 0 Å². The van der Waals surface area contributed by atoms with Crippen LogP contribution in [0.5, 0.6) is 0 Å². The lowest BCUT2D eigenvalue weighted by Crippen LogP contribution is -2.47. The summed E-state index contributed by atoms with van der Waals surface area (Å²) in [4.78, 5) is 13.1. The number of hydrogen-bond donors (Lipinski definition) is 2. The summed E-state index contributed by atoms with van der Waals surface area (Å²) >= 11 is 0. The fourth-order valence-electron chi connectivity index (χ4n) is 2.72. The third kappa shape index (κ3) is 1.32. The number of aliphatic hydroxyl groups is 2. The maximum atomic E-state index is 11.6. The number of aliphatic hydroxyl groups excluding tert-OH is 2. The predicted octanol–water partition coefficient (Wildman–Crippen LogP) is -0.370. The van der Waals surface area contributed by atoms with E-state index in [1.165, 1.54) is 11.8 Å². The third-order valence-corrected chi connectivity index (χ3v) is 3.35. The van der Waals surface area contributed by atoms with E-state index in [0.717, 1.165) is 0 Å². The highest BCUT2D eigenvalue weighted by Gasteiger charge is 2.59. The zero-order valence-corrected chi connectivity index (χ0v) is 9.67. The quantitative estimate of drug-likeness (QED) is 0.554. The Morgan fingerprint density at radius 1 is 1.50 bits per heavy atom. The van der Waals surface area contributed by atoms with E-state index < -0.39 is 30.1 Å². The van der Waals surface area contributed by atoms with E-state index in [-0.39, 0.29) is 5.91 Å². The number of ether oxygens (including phenoxy) is 1. The maximum Gasteiger partial charge on any atom is 0.222 e. The van der Waals surface area contributed by atoms with E-state index in [9.17, 15) is 15.0 Å². The minimum absolute atomic E-state index is 0.153. The zero-order chi connectivity index (χ0) is 12.2. The summed E-state index contributed by atoms with van der Waals surface area (Å²) in [6.07, 6.45) is -2.62. The van der Waals surface area contributed by atoms with Crippen molar-refractivity contribution in [2.45, 2.75) is 50.8 Å². The number of hydrogen-bond acceptors (Lipinski definition) is 4. The number of nitrogens with zero attached hydrogens (tertiary/aromatic N) is 1.